The Morgan fingerprint density at radius 3 is 2.54 bits per heavy atom. The van der Waals surface area contributed by atoms with Crippen molar-refractivity contribution in [3.63, 3.8) is 0 Å². The molecule has 1 aromatic heterocycles. The van der Waals surface area contributed by atoms with Crippen LogP contribution < -0.4 is 5.56 Å². The van der Waals surface area contributed by atoms with Crippen molar-refractivity contribution in [1.82, 2.24) is 9.29 Å². The van der Waals surface area contributed by atoms with E-state index in [0.29, 0.717) is 6.07 Å². The van der Waals surface area contributed by atoms with Gasteiger partial charge in [0.2, 0.25) is 15.6 Å². The highest BCUT2D eigenvalue weighted by Crippen LogP contribution is 2.34. The highest BCUT2D eigenvalue weighted by Gasteiger charge is 2.34. The van der Waals surface area contributed by atoms with Gasteiger partial charge in [-0.25, -0.2) is 8.42 Å². The molecule has 2 aromatic rings. The molecular formula is C14H12F3N3O3S. The van der Waals surface area contributed by atoms with Gasteiger partial charge in [-0.1, -0.05) is 0 Å². The Hall–Kier alpha value is -2.38. The van der Waals surface area contributed by atoms with Crippen molar-refractivity contribution in [3.05, 3.63) is 40.2 Å². The fourth-order valence-electron chi connectivity index (χ4n) is 2.14. The van der Waals surface area contributed by atoms with Gasteiger partial charge in [0, 0.05) is 37.0 Å². The largest absolute Gasteiger partial charge is 0.417 e. The van der Waals surface area contributed by atoms with Crippen LogP contribution in [0.5, 0.6) is 0 Å². The summed E-state index contributed by atoms with van der Waals surface area (Å²) >= 11 is 0. The Morgan fingerprint density at radius 1 is 1.29 bits per heavy atom. The number of sulfonamides is 1. The lowest BCUT2D eigenvalue weighted by Gasteiger charge is -2.17. The molecule has 1 aromatic carbocycles. The average Bonchev–Trinajstić information content (AvgIpc) is 2.50. The molecule has 0 amide bonds. The molecule has 0 bridgehead atoms. The van der Waals surface area contributed by atoms with Crippen LogP contribution in [0.3, 0.4) is 0 Å². The first-order valence-electron chi connectivity index (χ1n) is 6.65. The number of hydrogen-bond donors (Lipinski definition) is 1. The summed E-state index contributed by atoms with van der Waals surface area (Å²) in [5.74, 6) is 0. The number of benzene rings is 1. The molecule has 0 radical (unpaired) electrons. The third kappa shape index (κ3) is 3.42. The zero-order valence-corrected chi connectivity index (χ0v) is 13.2. The van der Waals surface area contributed by atoms with Gasteiger partial charge in [0.05, 0.1) is 16.5 Å². The normalized spacial score (nSPS) is 12.5. The molecule has 0 saturated carbocycles. The molecule has 1 heterocycles. The van der Waals surface area contributed by atoms with Crippen LogP contribution in [-0.2, 0) is 16.2 Å². The lowest BCUT2D eigenvalue weighted by molar-refractivity contribution is -0.136. The van der Waals surface area contributed by atoms with Gasteiger partial charge in [-0.3, -0.25) is 4.79 Å². The topological polar surface area (TPSA) is 94.0 Å². The summed E-state index contributed by atoms with van der Waals surface area (Å²) in [4.78, 5) is 13.2. The molecule has 0 aliphatic rings. The molecule has 10 heteroatoms. The Labute approximate surface area is 135 Å². The first-order chi connectivity index (χ1) is 11.1. The number of aromatic nitrogens is 1. The molecular weight excluding hydrogens is 347 g/mol. The van der Waals surface area contributed by atoms with Crippen molar-refractivity contribution in [2.45, 2.75) is 17.5 Å². The van der Waals surface area contributed by atoms with Crippen LogP contribution in [0.25, 0.3) is 10.9 Å². The first-order valence-corrected chi connectivity index (χ1v) is 8.09. The number of hydrogen-bond acceptors (Lipinski definition) is 4. The molecule has 0 saturated heterocycles. The average molecular weight is 359 g/mol. The fraction of sp³-hybridized carbons (Fsp3) is 0.286. The number of aromatic amines is 1. The van der Waals surface area contributed by atoms with Crippen LogP contribution in [0.1, 0.15) is 12.0 Å². The monoisotopic (exact) mass is 359 g/mol. The standard InChI is InChI=1S/C14H12F3N3O3S/c1-20(6-2-5-18)24(22,23)9-3-4-12-10(7-9)11(14(15,16)17)8-13(21)19-12/h3-4,7-8H,2,6H2,1H3,(H,19,21). The second-order valence-electron chi connectivity index (χ2n) is 4.99. The van der Waals surface area contributed by atoms with E-state index in [4.69, 9.17) is 5.26 Å². The summed E-state index contributed by atoms with van der Waals surface area (Å²) in [6, 6.07) is 5.26. The minimum absolute atomic E-state index is 0.0512. The molecule has 0 unspecified atom stereocenters. The predicted molar refractivity (Wildman–Crippen MR) is 79.6 cm³/mol. The Morgan fingerprint density at radius 2 is 1.96 bits per heavy atom. The lowest BCUT2D eigenvalue weighted by Crippen LogP contribution is -2.27. The van der Waals surface area contributed by atoms with E-state index in [2.05, 4.69) is 4.98 Å². The quantitative estimate of drug-likeness (QED) is 0.904. The van der Waals surface area contributed by atoms with Crippen molar-refractivity contribution < 1.29 is 21.6 Å². The predicted octanol–water partition coefficient (Wildman–Crippen LogP) is 2.08. The summed E-state index contributed by atoms with van der Waals surface area (Å²) in [5.41, 5.74) is -2.26. The summed E-state index contributed by atoms with van der Waals surface area (Å²) in [7, 11) is -2.82. The Balaban J connectivity index is 2.66. The smallest absolute Gasteiger partial charge is 0.322 e. The van der Waals surface area contributed by atoms with Gasteiger partial charge in [0.1, 0.15) is 0 Å². The van der Waals surface area contributed by atoms with Crippen molar-refractivity contribution in [2.75, 3.05) is 13.6 Å². The minimum atomic E-state index is -4.80. The Kier molecular flexibility index (Phi) is 4.68. The number of alkyl halides is 3. The van der Waals surface area contributed by atoms with E-state index < -0.39 is 32.7 Å². The van der Waals surface area contributed by atoms with Crippen LogP contribution in [0.2, 0.25) is 0 Å². The number of nitriles is 1. The highest BCUT2D eigenvalue weighted by atomic mass is 32.2. The maximum atomic E-state index is 13.1. The van der Waals surface area contributed by atoms with Crippen molar-refractivity contribution >= 4 is 20.9 Å². The Bertz CT molecular complexity index is 975. The number of pyridine rings is 1. The van der Waals surface area contributed by atoms with E-state index in [1.807, 2.05) is 0 Å². The van der Waals surface area contributed by atoms with Crippen molar-refractivity contribution in [1.29, 1.82) is 5.26 Å². The third-order valence-corrected chi connectivity index (χ3v) is 5.22. The first kappa shape index (κ1) is 18.0. The van der Waals surface area contributed by atoms with Gasteiger partial charge in [0.25, 0.3) is 0 Å². The van der Waals surface area contributed by atoms with E-state index in [9.17, 15) is 26.4 Å². The summed E-state index contributed by atoms with van der Waals surface area (Å²) in [5, 5.41) is 8.09. The van der Waals surface area contributed by atoms with Crippen LogP contribution in [-0.4, -0.2) is 31.3 Å². The summed E-state index contributed by atoms with van der Waals surface area (Å²) in [6.07, 6.45) is -4.86. The molecule has 2 rings (SSSR count). The van der Waals surface area contributed by atoms with Gasteiger partial charge >= 0.3 is 6.18 Å². The molecule has 0 aliphatic carbocycles. The van der Waals surface area contributed by atoms with E-state index in [1.165, 1.54) is 7.05 Å². The SMILES string of the molecule is CN(CCC#N)S(=O)(=O)c1ccc2[nH]c(=O)cc(C(F)(F)F)c2c1. The number of halogens is 3. The molecule has 0 aliphatic heterocycles. The second kappa shape index (κ2) is 6.26. The van der Waals surface area contributed by atoms with E-state index in [0.717, 1.165) is 22.5 Å². The zero-order chi connectivity index (χ0) is 18.1. The van der Waals surface area contributed by atoms with E-state index >= 15 is 0 Å². The van der Waals surface area contributed by atoms with Gasteiger partial charge < -0.3 is 4.98 Å². The molecule has 0 atom stereocenters. The second-order valence-corrected chi connectivity index (χ2v) is 7.03. The molecule has 24 heavy (non-hydrogen) atoms. The molecule has 0 spiro atoms. The maximum Gasteiger partial charge on any atom is 0.417 e. The summed E-state index contributed by atoms with van der Waals surface area (Å²) in [6.45, 7) is -0.0887. The third-order valence-electron chi connectivity index (χ3n) is 3.37. The van der Waals surface area contributed by atoms with Crippen LogP contribution >= 0.6 is 0 Å². The number of H-pyrrole nitrogens is 1. The van der Waals surface area contributed by atoms with Gasteiger partial charge in [-0.15, -0.1) is 0 Å². The maximum absolute atomic E-state index is 13.1. The molecule has 128 valence electrons. The molecule has 0 fully saturated rings. The lowest BCUT2D eigenvalue weighted by atomic mass is 10.1. The number of fused-ring (bicyclic) bond motifs is 1. The van der Waals surface area contributed by atoms with E-state index in [-0.39, 0.29) is 23.4 Å². The fourth-order valence-corrected chi connectivity index (χ4v) is 3.33. The van der Waals surface area contributed by atoms with Crippen molar-refractivity contribution in [3.8, 4) is 6.07 Å². The van der Waals surface area contributed by atoms with Gasteiger partial charge in [-0.05, 0) is 18.2 Å². The number of rotatable bonds is 4. The minimum Gasteiger partial charge on any atom is -0.322 e. The summed E-state index contributed by atoms with van der Waals surface area (Å²) < 4.78 is 64.9. The zero-order valence-electron chi connectivity index (χ0n) is 12.4. The molecule has 1 N–H and O–H groups in total. The number of nitrogens with one attached hydrogen (secondary N) is 1. The highest BCUT2D eigenvalue weighted by molar-refractivity contribution is 7.89. The van der Waals surface area contributed by atoms with Crippen LogP contribution in [0.4, 0.5) is 13.2 Å². The van der Waals surface area contributed by atoms with Crippen LogP contribution in [0, 0.1) is 11.3 Å². The van der Waals surface area contributed by atoms with Gasteiger partial charge in [0.15, 0.2) is 0 Å². The van der Waals surface area contributed by atoms with Crippen LogP contribution in [0.15, 0.2) is 34.0 Å². The number of nitrogens with zero attached hydrogens (tertiary/aromatic N) is 2. The molecule has 6 nitrogen and oxygen atoms in total. The van der Waals surface area contributed by atoms with Crippen molar-refractivity contribution in [2.24, 2.45) is 0 Å². The van der Waals surface area contributed by atoms with Gasteiger partial charge in [-0.2, -0.15) is 22.7 Å². The van der Waals surface area contributed by atoms with E-state index in [1.54, 1.807) is 6.07 Å².